The third-order valence-electron chi connectivity index (χ3n) is 5.55. The summed E-state index contributed by atoms with van der Waals surface area (Å²) in [6.07, 6.45) is 0. The molecule has 0 radical (unpaired) electrons. The maximum Gasteiger partial charge on any atom is 0.252 e. The molecule has 0 amide bonds. The smallest absolute Gasteiger partial charge is 0.252 e. The maximum absolute atomic E-state index is 12.8. The van der Waals surface area contributed by atoms with E-state index in [1.807, 2.05) is 30.3 Å². The summed E-state index contributed by atoms with van der Waals surface area (Å²) < 4.78 is 27.6. The van der Waals surface area contributed by atoms with Crippen LogP contribution in [0.3, 0.4) is 0 Å². The van der Waals surface area contributed by atoms with Gasteiger partial charge in [0.25, 0.3) is 10.0 Å². The highest BCUT2D eigenvalue weighted by Gasteiger charge is 2.30. The fraction of sp³-hybridized carbons (Fsp3) is 0.304. The lowest BCUT2D eigenvalue weighted by molar-refractivity contribution is 0.0786. The van der Waals surface area contributed by atoms with Crippen molar-refractivity contribution in [1.29, 1.82) is 0 Å². The van der Waals surface area contributed by atoms with Crippen LogP contribution in [-0.4, -0.2) is 49.1 Å². The lowest BCUT2D eigenvalue weighted by atomic mass is 9.92. The van der Waals surface area contributed by atoms with Gasteiger partial charge in [-0.1, -0.05) is 24.3 Å². The Bertz CT molecular complexity index is 1140. The van der Waals surface area contributed by atoms with Gasteiger partial charge in [0.1, 0.15) is 9.96 Å². The van der Waals surface area contributed by atoms with Crippen molar-refractivity contribution in [2.75, 3.05) is 31.1 Å². The number of hydrogen-bond acceptors (Lipinski definition) is 6. The number of phenols is 1. The minimum Gasteiger partial charge on any atom is -0.508 e. The topological polar surface area (TPSA) is 81.1 Å². The van der Waals surface area contributed by atoms with Crippen LogP contribution in [0.25, 0.3) is 11.1 Å². The number of aromatic hydroxyl groups is 1. The molecule has 0 saturated carbocycles. The van der Waals surface area contributed by atoms with Crippen LogP contribution in [0.5, 0.6) is 5.75 Å². The van der Waals surface area contributed by atoms with Crippen LogP contribution in [-0.2, 0) is 15.6 Å². The van der Waals surface area contributed by atoms with E-state index in [0.29, 0.717) is 30.4 Å². The lowest BCUT2D eigenvalue weighted by Gasteiger charge is -2.36. The first kappa shape index (κ1) is 21.8. The number of nitrogens with zero attached hydrogens (tertiary/aromatic N) is 2. The van der Waals surface area contributed by atoms with Crippen molar-refractivity contribution >= 4 is 27.0 Å². The predicted octanol–water partition coefficient (Wildman–Crippen LogP) is 3.86. The number of piperazine rings is 1. The van der Waals surface area contributed by atoms with E-state index in [9.17, 15) is 18.6 Å². The van der Waals surface area contributed by atoms with Crippen molar-refractivity contribution in [3.63, 3.8) is 0 Å². The summed E-state index contributed by atoms with van der Waals surface area (Å²) >= 11 is 1.24. The molecule has 2 N–H and O–H groups in total. The summed E-state index contributed by atoms with van der Waals surface area (Å²) in [6, 6.07) is 16.2. The van der Waals surface area contributed by atoms with Gasteiger partial charge in [-0.05, 0) is 60.7 Å². The Labute approximate surface area is 187 Å². The predicted molar refractivity (Wildman–Crippen MR) is 124 cm³/mol. The number of anilines is 1. The third-order valence-corrected chi connectivity index (χ3v) is 8.82. The van der Waals surface area contributed by atoms with E-state index >= 15 is 0 Å². The minimum atomic E-state index is -3.45. The molecule has 4 rings (SSSR count). The van der Waals surface area contributed by atoms with Crippen LogP contribution in [0.1, 0.15) is 19.4 Å². The fourth-order valence-corrected chi connectivity index (χ4v) is 6.34. The first-order chi connectivity index (χ1) is 14.7. The lowest BCUT2D eigenvalue weighted by Crippen LogP contribution is -2.48. The molecule has 1 fully saturated rings. The Kier molecular flexibility index (Phi) is 5.83. The number of hydrogen-bond donors (Lipinski definition) is 2. The molecule has 0 spiro atoms. The van der Waals surface area contributed by atoms with E-state index in [4.69, 9.17) is 0 Å². The highest BCUT2D eigenvalue weighted by atomic mass is 32.2. The van der Waals surface area contributed by atoms with E-state index in [1.165, 1.54) is 11.3 Å². The zero-order valence-electron chi connectivity index (χ0n) is 17.5. The number of rotatable bonds is 5. The van der Waals surface area contributed by atoms with E-state index in [-0.39, 0.29) is 5.75 Å². The summed E-state index contributed by atoms with van der Waals surface area (Å²) in [6.45, 7) is 5.44. The van der Waals surface area contributed by atoms with Gasteiger partial charge in [0.05, 0.1) is 5.60 Å². The third kappa shape index (κ3) is 4.48. The number of phenolic OH excluding ortho intramolecular Hbond substituents is 1. The molecule has 0 bridgehead atoms. The van der Waals surface area contributed by atoms with Gasteiger partial charge in [0.15, 0.2) is 0 Å². The monoisotopic (exact) mass is 458 g/mol. The van der Waals surface area contributed by atoms with Gasteiger partial charge >= 0.3 is 0 Å². The minimum absolute atomic E-state index is 0.191. The molecule has 1 aromatic heterocycles. The molecule has 2 heterocycles. The summed E-state index contributed by atoms with van der Waals surface area (Å²) in [5.74, 6) is 0.191. The maximum atomic E-state index is 12.8. The van der Waals surface area contributed by atoms with Crippen molar-refractivity contribution in [2.24, 2.45) is 0 Å². The fourth-order valence-electron chi connectivity index (χ4n) is 3.77. The normalized spacial score (nSPS) is 15.9. The highest BCUT2D eigenvalue weighted by molar-refractivity contribution is 7.91. The van der Waals surface area contributed by atoms with Gasteiger partial charge in [0.2, 0.25) is 0 Å². The van der Waals surface area contributed by atoms with Gasteiger partial charge in [-0.15, -0.1) is 11.3 Å². The Morgan fingerprint density at radius 1 is 0.968 bits per heavy atom. The van der Waals surface area contributed by atoms with Crippen LogP contribution in [0.15, 0.2) is 64.2 Å². The van der Waals surface area contributed by atoms with E-state index in [1.54, 1.807) is 47.8 Å². The van der Waals surface area contributed by atoms with Gasteiger partial charge in [-0.3, -0.25) is 0 Å². The quantitative estimate of drug-likeness (QED) is 0.607. The van der Waals surface area contributed by atoms with Crippen molar-refractivity contribution in [2.45, 2.75) is 23.7 Å². The number of sulfonamides is 1. The summed E-state index contributed by atoms with van der Waals surface area (Å²) in [5, 5.41) is 21.9. The largest absolute Gasteiger partial charge is 0.508 e. The van der Waals surface area contributed by atoms with Gasteiger partial charge < -0.3 is 15.1 Å². The molecule has 1 saturated heterocycles. The van der Waals surface area contributed by atoms with Crippen molar-refractivity contribution < 1.29 is 18.6 Å². The second-order valence-corrected chi connectivity index (χ2v) is 11.3. The summed E-state index contributed by atoms with van der Waals surface area (Å²) in [5.41, 5.74) is 2.64. The molecule has 8 heteroatoms. The van der Waals surface area contributed by atoms with E-state index < -0.39 is 15.6 Å². The molecule has 0 atom stereocenters. The van der Waals surface area contributed by atoms with Crippen molar-refractivity contribution in [1.82, 2.24) is 4.31 Å². The SMILES string of the molecule is CC(C)(O)c1ccc(N2CCN(S(=O)(=O)c3cccs3)CC2)c(-c2ccc(O)cc2)c1. The molecule has 2 aromatic carbocycles. The van der Waals surface area contributed by atoms with Crippen LogP contribution in [0.2, 0.25) is 0 Å². The molecule has 31 heavy (non-hydrogen) atoms. The van der Waals surface area contributed by atoms with Gasteiger partial charge in [-0.25, -0.2) is 8.42 Å². The number of benzene rings is 2. The zero-order chi connectivity index (χ0) is 22.2. The van der Waals surface area contributed by atoms with E-state index in [0.717, 1.165) is 22.4 Å². The molecule has 0 aliphatic carbocycles. The first-order valence-corrected chi connectivity index (χ1v) is 12.4. The number of thiophene rings is 1. The van der Waals surface area contributed by atoms with E-state index in [2.05, 4.69) is 4.90 Å². The summed E-state index contributed by atoms with van der Waals surface area (Å²) in [4.78, 5) is 2.18. The van der Waals surface area contributed by atoms with Crippen molar-refractivity contribution in [3.8, 4) is 16.9 Å². The number of aliphatic hydroxyl groups is 1. The van der Waals surface area contributed by atoms with Crippen LogP contribution >= 0.6 is 11.3 Å². The van der Waals surface area contributed by atoms with Crippen LogP contribution in [0, 0.1) is 0 Å². The summed E-state index contributed by atoms with van der Waals surface area (Å²) in [7, 11) is -3.45. The van der Waals surface area contributed by atoms with Gasteiger partial charge in [-0.2, -0.15) is 4.31 Å². The second-order valence-electron chi connectivity index (χ2n) is 8.16. The standard InChI is InChI=1S/C23H26N2O4S2/c1-23(2,27)18-7-10-21(20(16-18)17-5-8-19(26)9-6-17)24-11-13-25(14-12-24)31(28,29)22-4-3-15-30-22/h3-10,15-16,26-27H,11-14H2,1-2H3. The van der Waals surface area contributed by atoms with Crippen LogP contribution < -0.4 is 4.90 Å². The Morgan fingerprint density at radius 3 is 2.23 bits per heavy atom. The molecule has 3 aromatic rings. The second kappa shape index (κ2) is 8.27. The molecular formula is C23H26N2O4S2. The average Bonchev–Trinajstić information content (AvgIpc) is 3.29. The first-order valence-electron chi connectivity index (χ1n) is 10.1. The molecule has 0 unspecified atom stereocenters. The van der Waals surface area contributed by atoms with Crippen LogP contribution in [0.4, 0.5) is 5.69 Å². The molecule has 164 valence electrons. The molecule has 1 aliphatic heterocycles. The average molecular weight is 459 g/mol. The molecule has 6 nitrogen and oxygen atoms in total. The molecular weight excluding hydrogens is 432 g/mol. The zero-order valence-corrected chi connectivity index (χ0v) is 19.2. The Balaban J connectivity index is 1.63. The Morgan fingerprint density at radius 2 is 1.65 bits per heavy atom. The molecule has 1 aliphatic rings. The van der Waals surface area contributed by atoms with Crippen molar-refractivity contribution in [3.05, 3.63) is 65.5 Å². The highest BCUT2D eigenvalue weighted by Crippen LogP contribution is 2.36. The van der Waals surface area contributed by atoms with Gasteiger partial charge in [0, 0.05) is 37.4 Å². The Hall–Kier alpha value is -2.39.